The van der Waals surface area contributed by atoms with Crippen LogP contribution < -0.4 is 10.7 Å². The molecule has 0 bridgehead atoms. The third-order valence-corrected chi connectivity index (χ3v) is 5.69. The summed E-state index contributed by atoms with van der Waals surface area (Å²) in [6.07, 6.45) is 1.45. The number of nitrogens with one attached hydrogen (secondary N) is 2. The Kier molecular flexibility index (Phi) is 6.00. The minimum Gasteiger partial charge on any atom is -0.455 e. The molecule has 5 rings (SSSR count). The Morgan fingerprint density at radius 1 is 1.06 bits per heavy atom. The van der Waals surface area contributed by atoms with Gasteiger partial charge < -0.3 is 9.73 Å². The van der Waals surface area contributed by atoms with E-state index in [1.54, 1.807) is 18.2 Å². The van der Waals surface area contributed by atoms with Crippen LogP contribution in [0.5, 0.6) is 0 Å². The molecule has 5 aromatic rings. The van der Waals surface area contributed by atoms with Gasteiger partial charge in [0.15, 0.2) is 11.6 Å². The molecule has 2 N–H and O–H groups in total. The van der Waals surface area contributed by atoms with Crippen LogP contribution in [0.2, 0.25) is 5.02 Å². The quantitative estimate of drug-likeness (QED) is 0.161. The SMILES string of the molecule is Cc1cccc(Nc2nc3nonc3nc2NN=Cc2ccc(-c3ccc([N+](=O)[O-])c(Cl)c3)o2)c1C. The van der Waals surface area contributed by atoms with Gasteiger partial charge in [-0.15, -0.1) is 0 Å². The largest absolute Gasteiger partial charge is 0.455 e. The zero-order valence-electron chi connectivity index (χ0n) is 18.9. The number of fused-ring (bicyclic) bond motifs is 1. The van der Waals surface area contributed by atoms with Gasteiger partial charge in [0.25, 0.3) is 5.69 Å². The Hall–Kier alpha value is -4.84. The summed E-state index contributed by atoms with van der Waals surface area (Å²) >= 11 is 6.00. The second-order valence-electron chi connectivity index (χ2n) is 7.70. The second-order valence-corrected chi connectivity index (χ2v) is 8.11. The average molecular weight is 505 g/mol. The molecule has 3 aromatic heterocycles. The molecular weight excluding hydrogens is 488 g/mol. The summed E-state index contributed by atoms with van der Waals surface area (Å²) in [6, 6.07) is 13.6. The lowest BCUT2D eigenvalue weighted by atomic mass is 10.1. The Labute approximate surface area is 208 Å². The van der Waals surface area contributed by atoms with Gasteiger partial charge in [-0.1, -0.05) is 23.7 Å². The topological polar surface area (TPSA) is 157 Å². The maximum absolute atomic E-state index is 11.0. The first kappa shape index (κ1) is 22.9. The molecule has 0 atom stereocenters. The number of aryl methyl sites for hydroxylation is 1. The van der Waals surface area contributed by atoms with E-state index in [1.165, 1.54) is 18.3 Å². The van der Waals surface area contributed by atoms with Gasteiger partial charge in [0.1, 0.15) is 16.5 Å². The van der Waals surface area contributed by atoms with Crippen molar-refractivity contribution in [1.82, 2.24) is 20.3 Å². The predicted octanol–water partition coefficient (Wildman–Crippen LogP) is 5.64. The lowest BCUT2D eigenvalue weighted by molar-refractivity contribution is -0.384. The molecule has 0 radical (unpaired) electrons. The highest BCUT2D eigenvalue weighted by molar-refractivity contribution is 6.32. The van der Waals surface area contributed by atoms with Gasteiger partial charge in [-0.3, -0.25) is 15.5 Å². The van der Waals surface area contributed by atoms with E-state index < -0.39 is 4.92 Å². The molecule has 3 heterocycles. The van der Waals surface area contributed by atoms with Gasteiger partial charge >= 0.3 is 0 Å². The Bertz CT molecular complexity index is 1630. The summed E-state index contributed by atoms with van der Waals surface area (Å²) in [5.41, 5.74) is 6.75. The highest BCUT2D eigenvalue weighted by Gasteiger charge is 2.15. The van der Waals surface area contributed by atoms with E-state index in [0.717, 1.165) is 16.8 Å². The number of hydrogen-bond donors (Lipinski definition) is 2. The molecular formula is C23H17ClN8O4. The number of nitrogens with zero attached hydrogens (tertiary/aromatic N) is 6. The molecule has 0 aliphatic rings. The van der Waals surface area contributed by atoms with Gasteiger partial charge in [-0.05, 0) is 65.6 Å². The highest BCUT2D eigenvalue weighted by atomic mass is 35.5. The van der Waals surface area contributed by atoms with Gasteiger partial charge in [-0.2, -0.15) is 10.1 Å². The third-order valence-electron chi connectivity index (χ3n) is 5.39. The molecule has 0 unspecified atom stereocenters. The van der Waals surface area contributed by atoms with Crippen molar-refractivity contribution in [2.45, 2.75) is 13.8 Å². The van der Waals surface area contributed by atoms with Crippen LogP contribution in [0, 0.1) is 24.0 Å². The molecule has 36 heavy (non-hydrogen) atoms. The van der Waals surface area contributed by atoms with Crippen molar-refractivity contribution in [3.63, 3.8) is 0 Å². The van der Waals surface area contributed by atoms with Gasteiger partial charge in [0.2, 0.25) is 11.3 Å². The van der Waals surface area contributed by atoms with Gasteiger partial charge in [0, 0.05) is 17.3 Å². The number of nitro groups is 1. The molecule has 0 amide bonds. The Morgan fingerprint density at radius 3 is 2.58 bits per heavy atom. The molecule has 2 aromatic carbocycles. The Morgan fingerprint density at radius 2 is 1.83 bits per heavy atom. The van der Waals surface area contributed by atoms with Crippen LogP contribution in [0.1, 0.15) is 16.9 Å². The number of nitro benzene ring substituents is 1. The minimum absolute atomic E-state index is 0.0194. The molecule has 0 aliphatic carbocycles. The summed E-state index contributed by atoms with van der Waals surface area (Å²) in [6.45, 7) is 4.02. The van der Waals surface area contributed by atoms with Crippen LogP contribution in [0.4, 0.5) is 23.0 Å². The number of furan rings is 1. The number of anilines is 3. The van der Waals surface area contributed by atoms with E-state index in [9.17, 15) is 10.1 Å². The van der Waals surface area contributed by atoms with Crippen molar-refractivity contribution in [3.05, 3.63) is 80.6 Å². The number of aromatic nitrogens is 4. The number of hydrogen-bond acceptors (Lipinski definition) is 11. The van der Waals surface area contributed by atoms with Crippen LogP contribution in [0.3, 0.4) is 0 Å². The Balaban J connectivity index is 1.38. The van der Waals surface area contributed by atoms with Gasteiger partial charge in [-0.25, -0.2) is 9.61 Å². The first-order valence-corrected chi connectivity index (χ1v) is 10.9. The van der Waals surface area contributed by atoms with E-state index in [4.69, 9.17) is 20.6 Å². The number of hydrazone groups is 1. The van der Waals surface area contributed by atoms with E-state index >= 15 is 0 Å². The van der Waals surface area contributed by atoms with Crippen molar-refractivity contribution >= 4 is 52.1 Å². The minimum atomic E-state index is -0.545. The maximum Gasteiger partial charge on any atom is 0.287 e. The van der Waals surface area contributed by atoms with E-state index in [2.05, 4.69) is 36.1 Å². The zero-order chi connectivity index (χ0) is 25.2. The van der Waals surface area contributed by atoms with E-state index in [1.807, 2.05) is 32.0 Å². The van der Waals surface area contributed by atoms with Crippen molar-refractivity contribution < 1.29 is 14.0 Å². The molecule has 0 fully saturated rings. The summed E-state index contributed by atoms with van der Waals surface area (Å²) < 4.78 is 10.5. The van der Waals surface area contributed by atoms with Crippen LogP contribution in [0.25, 0.3) is 22.6 Å². The smallest absolute Gasteiger partial charge is 0.287 e. The molecule has 0 spiro atoms. The summed E-state index contributed by atoms with van der Waals surface area (Å²) in [4.78, 5) is 19.2. The van der Waals surface area contributed by atoms with Gasteiger partial charge in [0.05, 0.1) is 11.1 Å². The van der Waals surface area contributed by atoms with Crippen LogP contribution in [-0.4, -0.2) is 31.4 Å². The summed E-state index contributed by atoms with van der Waals surface area (Å²) in [7, 11) is 0. The fraction of sp³-hybridized carbons (Fsp3) is 0.0870. The molecule has 0 saturated heterocycles. The molecule has 0 aliphatic heterocycles. The highest BCUT2D eigenvalue weighted by Crippen LogP contribution is 2.31. The zero-order valence-corrected chi connectivity index (χ0v) is 19.6. The van der Waals surface area contributed by atoms with E-state index in [-0.39, 0.29) is 22.0 Å². The van der Waals surface area contributed by atoms with Crippen LogP contribution >= 0.6 is 11.6 Å². The number of benzene rings is 2. The van der Waals surface area contributed by atoms with Crippen molar-refractivity contribution in [3.8, 4) is 11.3 Å². The first-order chi connectivity index (χ1) is 17.4. The lowest BCUT2D eigenvalue weighted by Gasteiger charge is -2.12. The predicted molar refractivity (Wildman–Crippen MR) is 134 cm³/mol. The fourth-order valence-electron chi connectivity index (χ4n) is 3.36. The average Bonchev–Trinajstić information content (AvgIpc) is 3.51. The number of halogens is 1. The monoisotopic (exact) mass is 504 g/mol. The molecule has 0 saturated carbocycles. The standard InChI is InChI=1S/C23H17ClN8O4/c1-12-4-3-5-17(13(12)2)26-20-21(28-23-22(27-20)30-36-31-23)29-25-11-15-7-9-19(35-15)14-6-8-18(32(33)34)16(24)10-14/h3-11H,1-2H3,(H,26,27,30)(H,28,29,31). The van der Waals surface area contributed by atoms with Crippen molar-refractivity contribution in [2.24, 2.45) is 5.10 Å². The van der Waals surface area contributed by atoms with Crippen molar-refractivity contribution in [2.75, 3.05) is 10.7 Å². The van der Waals surface area contributed by atoms with Crippen LogP contribution in [-0.2, 0) is 0 Å². The normalized spacial score (nSPS) is 11.3. The first-order valence-electron chi connectivity index (χ1n) is 10.6. The summed E-state index contributed by atoms with van der Waals surface area (Å²) in [5.74, 6) is 1.57. The van der Waals surface area contributed by atoms with Crippen molar-refractivity contribution in [1.29, 1.82) is 0 Å². The van der Waals surface area contributed by atoms with E-state index in [0.29, 0.717) is 28.7 Å². The molecule has 180 valence electrons. The molecule has 13 heteroatoms. The third kappa shape index (κ3) is 4.57. The summed E-state index contributed by atoms with van der Waals surface area (Å²) in [5, 5.41) is 25.9. The number of rotatable bonds is 7. The fourth-order valence-corrected chi connectivity index (χ4v) is 3.61. The maximum atomic E-state index is 11.0. The second kappa shape index (κ2) is 9.43. The van der Waals surface area contributed by atoms with Crippen LogP contribution in [0.15, 0.2) is 62.7 Å². The molecule has 12 nitrogen and oxygen atoms in total. The lowest BCUT2D eigenvalue weighted by Crippen LogP contribution is -2.04.